The summed E-state index contributed by atoms with van der Waals surface area (Å²) < 4.78 is 5.93. The fourth-order valence-corrected chi connectivity index (χ4v) is 3.74. The summed E-state index contributed by atoms with van der Waals surface area (Å²) in [4.78, 5) is 0. The van der Waals surface area contributed by atoms with E-state index in [4.69, 9.17) is 4.74 Å². The third-order valence-electron chi connectivity index (χ3n) is 3.68. The van der Waals surface area contributed by atoms with Gasteiger partial charge in [-0.25, -0.2) is 0 Å². The number of ether oxygens (including phenoxy) is 1. The molecule has 0 radical (unpaired) electrons. The Morgan fingerprint density at radius 1 is 1.24 bits per heavy atom. The van der Waals surface area contributed by atoms with E-state index in [0.717, 1.165) is 12.8 Å². The van der Waals surface area contributed by atoms with Crippen LogP contribution >= 0.6 is 0 Å². The summed E-state index contributed by atoms with van der Waals surface area (Å²) in [6.45, 7) is 11.7. The lowest BCUT2D eigenvalue weighted by Gasteiger charge is -2.25. The third-order valence-corrected chi connectivity index (χ3v) is 5.98. The van der Waals surface area contributed by atoms with Crippen molar-refractivity contribution < 1.29 is 9.84 Å². The molecule has 0 bridgehead atoms. The first-order valence-corrected chi connectivity index (χ1v) is 11.4. The first-order chi connectivity index (χ1) is 9.82. The van der Waals surface area contributed by atoms with Crippen LogP contribution in [0.3, 0.4) is 0 Å². The molecule has 0 fully saturated rings. The highest BCUT2D eigenvalue weighted by Crippen LogP contribution is 2.22. The van der Waals surface area contributed by atoms with Gasteiger partial charge >= 0.3 is 0 Å². The van der Waals surface area contributed by atoms with Crippen LogP contribution in [0.15, 0.2) is 41.6 Å². The molecule has 1 aromatic rings. The first-order valence-electron chi connectivity index (χ1n) is 7.87. The molecule has 21 heavy (non-hydrogen) atoms. The average molecular weight is 307 g/mol. The van der Waals surface area contributed by atoms with Gasteiger partial charge in [-0.2, -0.15) is 0 Å². The van der Waals surface area contributed by atoms with Gasteiger partial charge in [-0.1, -0.05) is 68.2 Å². The largest absolute Gasteiger partial charge is 0.393 e. The van der Waals surface area contributed by atoms with Crippen molar-refractivity contribution in [2.45, 2.75) is 65.1 Å². The van der Waals surface area contributed by atoms with Crippen molar-refractivity contribution in [2.24, 2.45) is 0 Å². The Hall–Kier alpha value is -0.903. The van der Waals surface area contributed by atoms with Crippen LogP contribution in [0.5, 0.6) is 0 Å². The van der Waals surface area contributed by atoms with Crippen LogP contribution < -0.4 is 0 Å². The zero-order valence-electron chi connectivity index (χ0n) is 14.1. The summed E-state index contributed by atoms with van der Waals surface area (Å²) in [7, 11) is -1.42. The molecular formula is C18H30O2Si. The van der Waals surface area contributed by atoms with Gasteiger partial charge in [0.2, 0.25) is 0 Å². The summed E-state index contributed by atoms with van der Waals surface area (Å²) in [6, 6.07) is 10.2. The van der Waals surface area contributed by atoms with Gasteiger partial charge in [0.1, 0.15) is 0 Å². The second-order valence-electron chi connectivity index (χ2n) is 6.71. The van der Waals surface area contributed by atoms with E-state index in [1.54, 1.807) is 0 Å². The summed E-state index contributed by atoms with van der Waals surface area (Å²) in [5, 5.41) is 11.4. The lowest BCUT2D eigenvalue weighted by molar-refractivity contribution is 0.0833. The van der Waals surface area contributed by atoms with Crippen LogP contribution in [0.25, 0.3) is 0 Å². The maximum atomic E-state index is 9.95. The Bertz CT molecular complexity index is 434. The fraction of sp³-hybridized carbons (Fsp3) is 0.556. The van der Waals surface area contributed by atoms with E-state index in [2.05, 4.69) is 44.8 Å². The molecule has 2 atom stereocenters. The van der Waals surface area contributed by atoms with Crippen LogP contribution in [0.4, 0.5) is 0 Å². The highest BCUT2D eigenvalue weighted by molar-refractivity contribution is 6.83. The fourth-order valence-electron chi connectivity index (χ4n) is 2.16. The van der Waals surface area contributed by atoms with E-state index in [1.165, 1.54) is 10.8 Å². The van der Waals surface area contributed by atoms with E-state index < -0.39 is 8.07 Å². The quantitative estimate of drug-likeness (QED) is 0.714. The summed E-state index contributed by atoms with van der Waals surface area (Å²) >= 11 is 0. The Labute approximate surface area is 130 Å². The highest BCUT2D eigenvalue weighted by Gasteiger charge is 2.22. The number of aliphatic hydroxyl groups is 1. The first kappa shape index (κ1) is 18.1. The maximum absolute atomic E-state index is 9.95. The van der Waals surface area contributed by atoms with Crippen molar-refractivity contribution in [3.63, 3.8) is 0 Å². The van der Waals surface area contributed by atoms with Gasteiger partial charge in [0.15, 0.2) is 0 Å². The molecule has 1 rings (SSSR count). The van der Waals surface area contributed by atoms with Gasteiger partial charge in [-0.3, -0.25) is 0 Å². The minimum atomic E-state index is -1.42. The third kappa shape index (κ3) is 7.07. The number of aliphatic hydroxyl groups excluding tert-OH is 1. The maximum Gasteiger partial charge on any atom is 0.0731 e. The number of hydrogen-bond acceptors (Lipinski definition) is 2. The summed E-state index contributed by atoms with van der Waals surface area (Å²) in [5.74, 6) is 0. The second-order valence-corrected chi connectivity index (χ2v) is 11.9. The molecular weight excluding hydrogens is 276 g/mol. The van der Waals surface area contributed by atoms with Crippen LogP contribution in [0.1, 0.15) is 32.3 Å². The van der Waals surface area contributed by atoms with Gasteiger partial charge in [0, 0.05) is 0 Å². The molecule has 0 saturated heterocycles. The minimum absolute atomic E-state index is 0.0796. The number of benzene rings is 1. The van der Waals surface area contributed by atoms with E-state index >= 15 is 0 Å². The lowest BCUT2D eigenvalue weighted by atomic mass is 10.2. The molecule has 2 nitrogen and oxygen atoms in total. The Morgan fingerprint density at radius 3 is 2.38 bits per heavy atom. The highest BCUT2D eigenvalue weighted by atomic mass is 28.3. The van der Waals surface area contributed by atoms with Crippen molar-refractivity contribution >= 4 is 8.07 Å². The van der Waals surface area contributed by atoms with Crippen LogP contribution in [-0.4, -0.2) is 25.4 Å². The van der Waals surface area contributed by atoms with Crippen molar-refractivity contribution in [3.8, 4) is 0 Å². The average Bonchev–Trinajstić information content (AvgIpc) is 2.44. The topological polar surface area (TPSA) is 29.5 Å². The monoisotopic (exact) mass is 306 g/mol. The normalized spacial score (nSPS) is 15.8. The molecule has 118 valence electrons. The van der Waals surface area contributed by atoms with E-state index in [1.807, 2.05) is 25.1 Å². The molecule has 1 aromatic carbocycles. The SMILES string of the molecule is CC[C@H](O)C/C(=C\[C@H](C)OCc1ccccc1)[Si](C)(C)C. The Morgan fingerprint density at radius 2 is 1.86 bits per heavy atom. The molecule has 0 aliphatic heterocycles. The zero-order chi connectivity index (χ0) is 15.9. The van der Waals surface area contributed by atoms with Crippen molar-refractivity contribution in [2.75, 3.05) is 0 Å². The van der Waals surface area contributed by atoms with Crippen molar-refractivity contribution in [1.29, 1.82) is 0 Å². The number of hydrogen-bond donors (Lipinski definition) is 1. The molecule has 0 saturated carbocycles. The molecule has 0 aliphatic carbocycles. The number of rotatable bonds is 8. The van der Waals surface area contributed by atoms with Gasteiger partial charge < -0.3 is 9.84 Å². The Balaban J connectivity index is 2.66. The van der Waals surface area contributed by atoms with Crippen LogP contribution in [-0.2, 0) is 11.3 Å². The molecule has 0 heterocycles. The molecule has 0 unspecified atom stereocenters. The van der Waals surface area contributed by atoms with E-state index in [9.17, 15) is 5.11 Å². The lowest BCUT2D eigenvalue weighted by Crippen LogP contribution is -2.28. The van der Waals surface area contributed by atoms with Gasteiger partial charge in [-0.15, -0.1) is 0 Å². The van der Waals surface area contributed by atoms with E-state index in [0.29, 0.717) is 6.61 Å². The van der Waals surface area contributed by atoms with Crippen LogP contribution in [0, 0.1) is 0 Å². The Kier molecular flexibility index (Phi) is 7.36. The second kappa shape index (κ2) is 8.52. The predicted molar refractivity (Wildman–Crippen MR) is 93.0 cm³/mol. The summed E-state index contributed by atoms with van der Waals surface area (Å²) in [6.07, 6.45) is 3.67. The van der Waals surface area contributed by atoms with Crippen molar-refractivity contribution in [3.05, 3.63) is 47.2 Å². The zero-order valence-corrected chi connectivity index (χ0v) is 15.1. The predicted octanol–water partition coefficient (Wildman–Crippen LogP) is 4.56. The van der Waals surface area contributed by atoms with Gasteiger partial charge in [0.25, 0.3) is 0 Å². The smallest absolute Gasteiger partial charge is 0.0731 e. The molecule has 0 spiro atoms. The molecule has 1 N–H and O–H groups in total. The molecule has 0 amide bonds. The minimum Gasteiger partial charge on any atom is -0.393 e. The van der Waals surface area contributed by atoms with Crippen LogP contribution in [0.2, 0.25) is 19.6 Å². The van der Waals surface area contributed by atoms with Crippen molar-refractivity contribution in [1.82, 2.24) is 0 Å². The van der Waals surface area contributed by atoms with E-state index in [-0.39, 0.29) is 12.2 Å². The standard InChI is InChI=1S/C18H30O2Si/c1-6-17(19)13-18(21(3,4)5)12-15(2)20-14-16-10-8-7-9-11-16/h7-12,15,17,19H,6,13-14H2,1-5H3/b18-12+/t15-,17-/m0/s1. The summed E-state index contributed by atoms with van der Waals surface area (Å²) in [5.41, 5.74) is 1.20. The molecule has 0 aliphatic rings. The van der Waals surface area contributed by atoms with Gasteiger partial charge in [0.05, 0.1) is 26.9 Å². The molecule has 0 aromatic heterocycles. The molecule has 3 heteroatoms. The van der Waals surface area contributed by atoms with Gasteiger partial charge in [-0.05, 0) is 25.3 Å².